The molecule has 2 aliphatic heterocycles. The average Bonchev–Trinajstić information content (AvgIpc) is 3.04. The third-order valence-electron chi connectivity index (χ3n) is 4.78. The van der Waals surface area contributed by atoms with Crippen molar-refractivity contribution < 1.29 is 19.1 Å². The van der Waals surface area contributed by atoms with Gasteiger partial charge >= 0.3 is 5.97 Å². The second-order valence-corrected chi connectivity index (χ2v) is 7.37. The van der Waals surface area contributed by atoms with Crippen LogP contribution in [0.15, 0.2) is 35.2 Å². The summed E-state index contributed by atoms with van der Waals surface area (Å²) in [7, 11) is 1.37. The number of nitrogens with zero attached hydrogens (tertiary/aromatic N) is 1. The van der Waals surface area contributed by atoms with Gasteiger partial charge in [-0.25, -0.2) is 4.79 Å². The van der Waals surface area contributed by atoms with E-state index in [-0.39, 0.29) is 30.1 Å². The highest BCUT2D eigenvalue weighted by Crippen LogP contribution is 2.36. The van der Waals surface area contributed by atoms with E-state index in [1.807, 2.05) is 35.2 Å². The summed E-state index contributed by atoms with van der Waals surface area (Å²) in [6.45, 7) is 2.08. The van der Waals surface area contributed by atoms with Crippen molar-refractivity contribution in [1.29, 1.82) is 0 Å². The number of ether oxygens (including phenoxy) is 2. The number of methoxy groups -OCH3 is 1. The van der Waals surface area contributed by atoms with Crippen LogP contribution in [0.4, 0.5) is 0 Å². The van der Waals surface area contributed by atoms with Crippen LogP contribution in [0.3, 0.4) is 0 Å². The van der Waals surface area contributed by atoms with Gasteiger partial charge < -0.3 is 14.4 Å². The van der Waals surface area contributed by atoms with Crippen LogP contribution in [0.2, 0.25) is 0 Å². The lowest BCUT2D eigenvalue weighted by atomic mass is 9.92. The summed E-state index contributed by atoms with van der Waals surface area (Å²) in [5, 5.41) is 0. The van der Waals surface area contributed by atoms with Crippen LogP contribution in [0.25, 0.3) is 0 Å². The highest BCUT2D eigenvalue weighted by molar-refractivity contribution is 8.00. The minimum Gasteiger partial charge on any atom is -0.467 e. The largest absolute Gasteiger partial charge is 0.467 e. The summed E-state index contributed by atoms with van der Waals surface area (Å²) in [5.41, 5.74) is 0. The topological polar surface area (TPSA) is 55.8 Å². The molecular formula is C18H23NO4S. The van der Waals surface area contributed by atoms with Gasteiger partial charge in [0.15, 0.2) is 6.10 Å². The first kappa shape index (κ1) is 17.3. The Balaban J connectivity index is 1.66. The number of benzene rings is 1. The van der Waals surface area contributed by atoms with E-state index in [0.717, 1.165) is 17.7 Å². The first-order valence-corrected chi connectivity index (χ1v) is 9.31. The maximum Gasteiger partial charge on any atom is 0.335 e. The molecule has 1 amide bonds. The molecule has 130 valence electrons. The number of esters is 1. The van der Waals surface area contributed by atoms with Crippen molar-refractivity contribution in [2.75, 3.05) is 12.9 Å². The lowest BCUT2D eigenvalue weighted by Gasteiger charge is -2.41. The molecule has 0 unspecified atom stereocenters. The van der Waals surface area contributed by atoms with Gasteiger partial charge in [-0.15, -0.1) is 11.8 Å². The Morgan fingerprint density at radius 3 is 2.75 bits per heavy atom. The molecule has 0 saturated carbocycles. The molecule has 0 aliphatic carbocycles. The molecule has 2 aliphatic rings. The van der Waals surface area contributed by atoms with E-state index in [0.29, 0.717) is 12.2 Å². The first-order chi connectivity index (χ1) is 11.6. The minimum absolute atomic E-state index is 0.0262. The molecule has 0 N–H and O–H groups in total. The predicted octanol–water partition coefficient (Wildman–Crippen LogP) is 2.49. The van der Waals surface area contributed by atoms with Gasteiger partial charge in [0.2, 0.25) is 5.91 Å². The molecule has 4 atom stereocenters. The monoisotopic (exact) mass is 349 g/mol. The third kappa shape index (κ3) is 3.59. The molecule has 1 aromatic rings. The Kier molecular flexibility index (Phi) is 5.46. The molecule has 6 heteroatoms. The van der Waals surface area contributed by atoms with Gasteiger partial charge in [0.25, 0.3) is 0 Å². The summed E-state index contributed by atoms with van der Waals surface area (Å²) < 4.78 is 10.6. The number of hydrogen-bond acceptors (Lipinski definition) is 5. The van der Waals surface area contributed by atoms with Gasteiger partial charge in [-0.1, -0.05) is 18.2 Å². The van der Waals surface area contributed by atoms with E-state index in [4.69, 9.17) is 9.47 Å². The van der Waals surface area contributed by atoms with Crippen LogP contribution in [-0.2, 0) is 19.1 Å². The van der Waals surface area contributed by atoms with Crippen molar-refractivity contribution in [1.82, 2.24) is 4.90 Å². The lowest BCUT2D eigenvalue weighted by Crippen LogP contribution is -2.53. The fourth-order valence-corrected chi connectivity index (χ4v) is 4.39. The number of carbonyl (C=O) groups is 2. The van der Waals surface area contributed by atoms with Gasteiger partial charge in [0, 0.05) is 17.4 Å². The fraction of sp³-hybridized carbons (Fsp3) is 0.556. The van der Waals surface area contributed by atoms with Crippen LogP contribution in [-0.4, -0.2) is 53.9 Å². The van der Waals surface area contributed by atoms with E-state index in [1.54, 1.807) is 11.8 Å². The summed E-state index contributed by atoms with van der Waals surface area (Å²) >= 11 is 1.55. The molecule has 2 fully saturated rings. The molecule has 5 nitrogen and oxygen atoms in total. The van der Waals surface area contributed by atoms with E-state index in [2.05, 4.69) is 6.92 Å². The lowest BCUT2D eigenvalue weighted by molar-refractivity contribution is -0.153. The van der Waals surface area contributed by atoms with Crippen LogP contribution in [0, 0.1) is 0 Å². The molecule has 2 saturated heterocycles. The number of fused-ring (bicyclic) bond motifs is 1. The van der Waals surface area contributed by atoms with Crippen LogP contribution < -0.4 is 0 Å². The van der Waals surface area contributed by atoms with Crippen molar-refractivity contribution in [2.24, 2.45) is 0 Å². The molecular weight excluding hydrogens is 326 g/mol. The highest BCUT2D eigenvalue weighted by Gasteiger charge is 2.47. The first-order valence-electron chi connectivity index (χ1n) is 8.32. The number of hydrogen-bond donors (Lipinski definition) is 0. The van der Waals surface area contributed by atoms with Crippen LogP contribution in [0.5, 0.6) is 0 Å². The zero-order chi connectivity index (χ0) is 17.1. The predicted molar refractivity (Wildman–Crippen MR) is 91.8 cm³/mol. The van der Waals surface area contributed by atoms with E-state index >= 15 is 0 Å². The summed E-state index contributed by atoms with van der Waals surface area (Å²) in [6, 6.07) is 10.1. The quantitative estimate of drug-likeness (QED) is 0.617. The molecule has 24 heavy (non-hydrogen) atoms. The number of piperidine rings is 1. The van der Waals surface area contributed by atoms with Gasteiger partial charge in [-0.2, -0.15) is 0 Å². The van der Waals surface area contributed by atoms with Gasteiger partial charge in [-0.3, -0.25) is 4.79 Å². The number of thioether (sulfide) groups is 1. The molecule has 0 bridgehead atoms. The maximum atomic E-state index is 12.8. The smallest absolute Gasteiger partial charge is 0.335 e. The molecule has 2 heterocycles. The number of amides is 1. The van der Waals surface area contributed by atoms with Gasteiger partial charge in [0.05, 0.1) is 25.0 Å². The van der Waals surface area contributed by atoms with Crippen molar-refractivity contribution in [2.45, 2.75) is 55.4 Å². The van der Waals surface area contributed by atoms with Gasteiger partial charge in [-0.05, 0) is 31.9 Å². The Hall–Kier alpha value is -1.53. The van der Waals surface area contributed by atoms with Crippen LogP contribution in [0.1, 0.15) is 26.2 Å². The van der Waals surface area contributed by atoms with E-state index < -0.39 is 6.10 Å². The SMILES string of the molecule is COC(=O)[C@@H]1C[C@@H]2[C@H](CC[C@@H](C)N2C(=O)CSc2ccccc2)O1. The zero-order valence-corrected chi connectivity index (χ0v) is 14.8. The van der Waals surface area contributed by atoms with E-state index in [1.165, 1.54) is 7.11 Å². The molecule has 0 radical (unpaired) electrons. The van der Waals surface area contributed by atoms with Gasteiger partial charge in [0.1, 0.15) is 0 Å². The Bertz CT molecular complexity index is 594. The fourth-order valence-electron chi connectivity index (χ4n) is 3.60. The molecule has 3 rings (SSSR count). The van der Waals surface area contributed by atoms with Crippen molar-refractivity contribution in [3.63, 3.8) is 0 Å². The normalized spacial score (nSPS) is 29.2. The van der Waals surface area contributed by atoms with Crippen molar-refractivity contribution in [3.8, 4) is 0 Å². The average molecular weight is 349 g/mol. The summed E-state index contributed by atoms with van der Waals surface area (Å²) in [4.78, 5) is 27.6. The summed E-state index contributed by atoms with van der Waals surface area (Å²) in [6.07, 6.45) is 1.71. The zero-order valence-electron chi connectivity index (χ0n) is 14.0. The summed E-state index contributed by atoms with van der Waals surface area (Å²) in [5.74, 6) is 0.170. The van der Waals surface area contributed by atoms with Crippen molar-refractivity contribution >= 4 is 23.6 Å². The number of carbonyl (C=O) groups excluding carboxylic acids is 2. The Morgan fingerprint density at radius 2 is 2.04 bits per heavy atom. The second-order valence-electron chi connectivity index (χ2n) is 6.32. The number of likely N-dealkylation sites (tertiary alicyclic amines) is 1. The van der Waals surface area contributed by atoms with Crippen molar-refractivity contribution in [3.05, 3.63) is 30.3 Å². The standard InChI is InChI=1S/C18H23NO4S/c1-12-8-9-15-14(10-16(23-15)18(21)22-2)19(12)17(20)11-24-13-6-4-3-5-7-13/h3-7,12,14-16H,8-11H2,1-2H3/t12-,14-,15+,16+/m1/s1. The Morgan fingerprint density at radius 1 is 1.29 bits per heavy atom. The van der Waals surface area contributed by atoms with Crippen LogP contribution >= 0.6 is 11.8 Å². The second kappa shape index (κ2) is 7.57. The van der Waals surface area contributed by atoms with E-state index in [9.17, 15) is 9.59 Å². The maximum absolute atomic E-state index is 12.8. The Labute approximate surface area is 146 Å². The minimum atomic E-state index is -0.549. The molecule has 0 aromatic heterocycles. The molecule has 0 spiro atoms. The highest BCUT2D eigenvalue weighted by atomic mass is 32.2. The third-order valence-corrected chi connectivity index (χ3v) is 5.78. The molecule has 1 aromatic carbocycles. The number of rotatable bonds is 4.